The number of amides is 1. The van der Waals surface area contributed by atoms with Gasteiger partial charge in [0, 0.05) is 23.9 Å². The van der Waals surface area contributed by atoms with E-state index in [4.69, 9.17) is 10.5 Å². The Labute approximate surface area is 112 Å². The summed E-state index contributed by atoms with van der Waals surface area (Å²) in [6.07, 6.45) is 0. The summed E-state index contributed by atoms with van der Waals surface area (Å²) in [4.78, 5) is 11.6. The molecule has 0 heterocycles. The Morgan fingerprint density at radius 1 is 1.50 bits per heavy atom. The Bertz CT molecular complexity index is 385. The summed E-state index contributed by atoms with van der Waals surface area (Å²) in [5.41, 5.74) is 6.47. The van der Waals surface area contributed by atoms with Gasteiger partial charge in [-0.15, -0.1) is 11.8 Å². The molecular weight excluding hydrogens is 248 g/mol. The minimum absolute atomic E-state index is 0.0196. The molecular formula is C13H20N2O2S. The first-order valence-corrected chi connectivity index (χ1v) is 6.92. The number of nitrogens with one attached hydrogen (secondary N) is 1. The van der Waals surface area contributed by atoms with E-state index >= 15 is 0 Å². The summed E-state index contributed by atoms with van der Waals surface area (Å²) in [6.45, 7) is 3.09. The van der Waals surface area contributed by atoms with Gasteiger partial charge < -0.3 is 15.8 Å². The molecule has 1 rings (SSSR count). The van der Waals surface area contributed by atoms with E-state index in [-0.39, 0.29) is 5.91 Å². The van der Waals surface area contributed by atoms with Crippen LogP contribution in [0.5, 0.6) is 5.75 Å². The van der Waals surface area contributed by atoms with Gasteiger partial charge in [-0.05, 0) is 6.07 Å². The predicted molar refractivity (Wildman–Crippen MR) is 75.8 cm³/mol. The number of rotatable bonds is 7. The molecule has 0 spiro atoms. The molecule has 0 radical (unpaired) electrons. The van der Waals surface area contributed by atoms with Crippen molar-refractivity contribution in [3.05, 3.63) is 29.8 Å². The quantitative estimate of drug-likeness (QED) is 0.784. The monoisotopic (exact) mass is 268 g/mol. The third-order valence-corrected chi connectivity index (χ3v) is 3.69. The average Bonchev–Trinajstić information content (AvgIpc) is 2.42. The van der Waals surface area contributed by atoms with E-state index in [9.17, 15) is 4.79 Å². The van der Waals surface area contributed by atoms with Gasteiger partial charge in [-0.1, -0.05) is 25.1 Å². The normalized spacial score (nSPS) is 11.9. The highest BCUT2D eigenvalue weighted by Gasteiger charge is 2.07. The largest absolute Gasteiger partial charge is 0.496 e. The molecule has 18 heavy (non-hydrogen) atoms. The topological polar surface area (TPSA) is 64.3 Å². The zero-order valence-electron chi connectivity index (χ0n) is 10.8. The Morgan fingerprint density at radius 2 is 2.22 bits per heavy atom. The van der Waals surface area contributed by atoms with Crippen LogP contribution in [-0.4, -0.2) is 30.6 Å². The molecule has 0 bridgehead atoms. The summed E-state index contributed by atoms with van der Waals surface area (Å²) in [6, 6.07) is 7.65. The first-order valence-electron chi connectivity index (χ1n) is 5.87. The molecule has 4 nitrogen and oxygen atoms in total. The predicted octanol–water partition coefficient (Wildman–Crippen LogP) is 1.39. The summed E-state index contributed by atoms with van der Waals surface area (Å²) in [5, 5.41) is 3.18. The van der Waals surface area contributed by atoms with Crippen molar-refractivity contribution in [2.45, 2.75) is 18.7 Å². The van der Waals surface area contributed by atoms with Crippen molar-refractivity contribution in [3.8, 4) is 5.75 Å². The van der Waals surface area contributed by atoms with Crippen LogP contribution in [0, 0.1) is 0 Å². The van der Waals surface area contributed by atoms with Crippen molar-refractivity contribution in [3.63, 3.8) is 0 Å². The molecule has 5 heteroatoms. The first kappa shape index (κ1) is 14.9. The lowest BCUT2D eigenvalue weighted by atomic mass is 10.2. The Kier molecular flexibility index (Phi) is 6.60. The maximum absolute atomic E-state index is 11.6. The third-order valence-electron chi connectivity index (χ3n) is 2.50. The molecule has 100 valence electrons. The van der Waals surface area contributed by atoms with Crippen LogP contribution in [0.25, 0.3) is 0 Å². The second-order valence-corrected chi connectivity index (χ2v) is 5.37. The van der Waals surface area contributed by atoms with Crippen LogP contribution in [0.15, 0.2) is 24.3 Å². The highest BCUT2D eigenvalue weighted by Crippen LogP contribution is 2.16. The summed E-state index contributed by atoms with van der Waals surface area (Å²) >= 11 is 1.56. The van der Waals surface area contributed by atoms with Gasteiger partial charge in [0.05, 0.1) is 12.9 Å². The van der Waals surface area contributed by atoms with Crippen LogP contribution in [0.1, 0.15) is 12.5 Å². The second kappa shape index (κ2) is 8.00. The molecule has 0 fully saturated rings. The van der Waals surface area contributed by atoms with Gasteiger partial charge in [0.2, 0.25) is 5.91 Å². The Hall–Kier alpha value is -1.20. The number of hydrogen-bond donors (Lipinski definition) is 2. The fourth-order valence-corrected chi connectivity index (χ4v) is 2.05. The van der Waals surface area contributed by atoms with E-state index < -0.39 is 0 Å². The molecule has 1 aromatic rings. The molecule has 0 aromatic heterocycles. The van der Waals surface area contributed by atoms with Crippen LogP contribution in [0.4, 0.5) is 0 Å². The number of carbonyl (C=O) groups excluding carboxylic acids is 1. The molecule has 0 saturated heterocycles. The highest BCUT2D eigenvalue weighted by atomic mass is 32.2. The second-order valence-electron chi connectivity index (χ2n) is 3.95. The number of methoxy groups -OCH3 is 1. The maximum Gasteiger partial charge on any atom is 0.230 e. The standard InChI is InChI=1S/C13H20N2O2S/c1-10(7-14)18-9-13(16)15-8-11-5-3-4-6-12(11)17-2/h3-6,10H,7-9,14H2,1-2H3,(H,15,16). The van der Waals surface area contributed by atoms with Gasteiger partial charge in [0.1, 0.15) is 5.75 Å². The van der Waals surface area contributed by atoms with Crippen molar-refractivity contribution in [2.75, 3.05) is 19.4 Å². The number of ether oxygens (including phenoxy) is 1. The minimum Gasteiger partial charge on any atom is -0.496 e. The number of hydrogen-bond acceptors (Lipinski definition) is 4. The van der Waals surface area contributed by atoms with Crippen LogP contribution in [0.3, 0.4) is 0 Å². The van der Waals surface area contributed by atoms with Crippen molar-refractivity contribution >= 4 is 17.7 Å². The first-order chi connectivity index (χ1) is 8.67. The molecule has 1 aromatic carbocycles. The van der Waals surface area contributed by atoms with Crippen molar-refractivity contribution < 1.29 is 9.53 Å². The van der Waals surface area contributed by atoms with Crippen LogP contribution in [-0.2, 0) is 11.3 Å². The van der Waals surface area contributed by atoms with Crippen LogP contribution >= 0.6 is 11.8 Å². The molecule has 0 aliphatic rings. The van der Waals surface area contributed by atoms with E-state index in [1.165, 1.54) is 0 Å². The van der Waals surface area contributed by atoms with Gasteiger partial charge in [-0.2, -0.15) is 0 Å². The smallest absolute Gasteiger partial charge is 0.230 e. The molecule has 3 N–H and O–H groups in total. The van der Waals surface area contributed by atoms with Crippen molar-refractivity contribution in [1.82, 2.24) is 5.32 Å². The Morgan fingerprint density at radius 3 is 2.89 bits per heavy atom. The van der Waals surface area contributed by atoms with Crippen LogP contribution < -0.4 is 15.8 Å². The summed E-state index contributed by atoms with van der Waals surface area (Å²) in [7, 11) is 1.62. The lowest BCUT2D eigenvalue weighted by molar-refractivity contribution is -0.118. The average molecular weight is 268 g/mol. The van der Waals surface area contributed by atoms with Crippen LogP contribution in [0.2, 0.25) is 0 Å². The van der Waals surface area contributed by atoms with Crippen molar-refractivity contribution in [2.24, 2.45) is 5.73 Å². The zero-order valence-corrected chi connectivity index (χ0v) is 11.6. The fraction of sp³-hybridized carbons (Fsp3) is 0.462. The Balaban J connectivity index is 2.38. The van der Waals surface area contributed by atoms with E-state index in [0.717, 1.165) is 11.3 Å². The number of benzene rings is 1. The SMILES string of the molecule is COc1ccccc1CNC(=O)CSC(C)CN. The molecule has 0 saturated carbocycles. The number of carbonyl (C=O) groups is 1. The van der Waals surface area contributed by atoms with Gasteiger partial charge in [-0.25, -0.2) is 0 Å². The molecule has 1 amide bonds. The summed E-state index contributed by atoms with van der Waals surface area (Å²) in [5.74, 6) is 1.25. The van der Waals surface area contributed by atoms with Gasteiger partial charge in [0.15, 0.2) is 0 Å². The molecule has 0 aliphatic heterocycles. The zero-order chi connectivity index (χ0) is 13.4. The lowest BCUT2D eigenvalue weighted by Gasteiger charge is -2.10. The molecule has 0 aliphatic carbocycles. The lowest BCUT2D eigenvalue weighted by Crippen LogP contribution is -2.26. The molecule has 1 unspecified atom stereocenters. The molecule has 1 atom stereocenters. The minimum atomic E-state index is 0.0196. The van der Waals surface area contributed by atoms with E-state index in [2.05, 4.69) is 5.32 Å². The van der Waals surface area contributed by atoms with E-state index in [0.29, 0.717) is 24.1 Å². The summed E-state index contributed by atoms with van der Waals surface area (Å²) < 4.78 is 5.22. The number of nitrogens with two attached hydrogens (primary N) is 1. The van der Waals surface area contributed by atoms with E-state index in [1.807, 2.05) is 31.2 Å². The maximum atomic E-state index is 11.6. The fourth-order valence-electron chi connectivity index (χ4n) is 1.38. The van der Waals surface area contributed by atoms with Crippen molar-refractivity contribution in [1.29, 1.82) is 0 Å². The number of para-hydroxylation sites is 1. The van der Waals surface area contributed by atoms with Gasteiger partial charge in [0.25, 0.3) is 0 Å². The number of thioether (sulfide) groups is 1. The van der Waals surface area contributed by atoms with Gasteiger partial charge >= 0.3 is 0 Å². The third kappa shape index (κ3) is 4.98. The van der Waals surface area contributed by atoms with Gasteiger partial charge in [-0.3, -0.25) is 4.79 Å². The van der Waals surface area contributed by atoms with E-state index in [1.54, 1.807) is 18.9 Å². The highest BCUT2D eigenvalue weighted by molar-refractivity contribution is 8.00.